The minimum Gasteiger partial charge on any atom is -2.00 e. The normalized spacial score (nSPS) is 0. The molecule has 0 N–H and O–H groups in total. The van der Waals surface area contributed by atoms with Crippen molar-refractivity contribution in [3.05, 3.63) is 0 Å². The van der Waals surface area contributed by atoms with Crippen molar-refractivity contribution < 1.29 is 73.2 Å². The smallest absolute Gasteiger partial charge is 2.00 e. The molecular formula is CoCrFeNiO+7. The van der Waals surface area contributed by atoms with Crippen molar-refractivity contribution in [3.63, 3.8) is 0 Å². The molecule has 0 aromatic heterocycles. The largest absolute Gasteiger partial charge is 3.00 e. The Morgan fingerprint density at radius 3 is 1.00 bits per heavy atom. The quantitative estimate of drug-likeness (QED) is 0.529. The van der Waals surface area contributed by atoms with Crippen LogP contribution in [0, 0.1) is 0 Å². The molecule has 5 heteroatoms. The Labute approximate surface area is 72.7 Å². The van der Waals surface area contributed by atoms with Crippen molar-refractivity contribution in [2.45, 2.75) is 0 Å². The maximum Gasteiger partial charge on any atom is 3.00 e. The summed E-state index contributed by atoms with van der Waals surface area (Å²) in [7, 11) is 0. The first-order valence-corrected chi connectivity index (χ1v) is 0. The standard InChI is InChI=1S/Co.Cr.Fe.Ni.O/q+2;+3;2*+2;-2. The van der Waals surface area contributed by atoms with E-state index in [1.807, 2.05) is 0 Å². The third-order valence-corrected chi connectivity index (χ3v) is 0. The van der Waals surface area contributed by atoms with Crippen LogP contribution in [0.4, 0.5) is 0 Å². The van der Waals surface area contributed by atoms with E-state index in [-0.39, 0.29) is 73.2 Å². The predicted molar refractivity (Wildman–Crippen MR) is 0.686 cm³/mol. The van der Waals surface area contributed by atoms with Crippen LogP contribution in [0.1, 0.15) is 0 Å². The SMILES string of the molecule is [Co+2].[Cr+3].[Fe+2].[Ni+2].[O-2]. The molecule has 5 heavy (non-hydrogen) atoms. The Hall–Kier alpha value is 2.01. The van der Waals surface area contributed by atoms with Crippen LogP contribution < -0.4 is 0 Å². The van der Waals surface area contributed by atoms with Crippen LogP contribution in [-0.2, 0) is 73.2 Å². The molecule has 0 aliphatic heterocycles. The molecule has 1 nitrogen and oxygen atoms in total. The molecule has 0 rings (SSSR count). The summed E-state index contributed by atoms with van der Waals surface area (Å²) in [4.78, 5) is 0. The molecule has 0 atom stereocenters. The van der Waals surface area contributed by atoms with E-state index in [9.17, 15) is 0 Å². The summed E-state index contributed by atoms with van der Waals surface area (Å²) in [5, 5.41) is 0. The van der Waals surface area contributed by atoms with E-state index in [0.717, 1.165) is 0 Å². The minimum atomic E-state index is 0. The van der Waals surface area contributed by atoms with Crippen molar-refractivity contribution in [1.29, 1.82) is 0 Å². The Morgan fingerprint density at radius 2 is 1.00 bits per heavy atom. The van der Waals surface area contributed by atoms with E-state index in [4.69, 9.17) is 0 Å². The van der Waals surface area contributed by atoms with Gasteiger partial charge in [0.05, 0.1) is 0 Å². The average molecular weight is 241 g/mol. The summed E-state index contributed by atoms with van der Waals surface area (Å²) < 4.78 is 0. The van der Waals surface area contributed by atoms with Crippen LogP contribution >= 0.6 is 0 Å². The van der Waals surface area contributed by atoms with Crippen LogP contribution in [0.3, 0.4) is 0 Å². The van der Waals surface area contributed by atoms with E-state index in [1.54, 1.807) is 0 Å². The Kier molecular flexibility index (Phi) is 467. The second-order valence-corrected chi connectivity index (χ2v) is 0. The molecule has 0 heterocycles. The zero-order valence-corrected chi connectivity index (χ0v) is 6.23. The second-order valence-electron chi connectivity index (χ2n) is 0. The van der Waals surface area contributed by atoms with Crippen molar-refractivity contribution >= 4 is 0 Å². The minimum absolute atomic E-state index is 0. The molecular weight excluding hydrogens is 241 g/mol. The molecule has 0 aromatic carbocycles. The third-order valence-electron chi connectivity index (χ3n) is 0. The maximum atomic E-state index is 0. The molecule has 0 aliphatic carbocycles. The van der Waals surface area contributed by atoms with Gasteiger partial charge in [0, 0.05) is 0 Å². The fraction of sp³-hybridized carbons (Fsp3) is 0. The van der Waals surface area contributed by atoms with Gasteiger partial charge in [0.1, 0.15) is 0 Å². The molecule has 0 unspecified atom stereocenters. The van der Waals surface area contributed by atoms with Gasteiger partial charge in [-0.15, -0.1) is 0 Å². The molecule has 0 spiro atoms. The fourth-order valence-electron chi connectivity index (χ4n) is 0. The number of rotatable bonds is 0. The average Bonchev–Trinajstić information content (AvgIpc) is 0. The molecule has 0 aromatic rings. The van der Waals surface area contributed by atoms with Gasteiger partial charge in [-0.1, -0.05) is 0 Å². The summed E-state index contributed by atoms with van der Waals surface area (Å²) in [6, 6.07) is 0. The van der Waals surface area contributed by atoms with Gasteiger partial charge in [0.25, 0.3) is 0 Å². The topological polar surface area (TPSA) is 28.5 Å². The van der Waals surface area contributed by atoms with Crippen LogP contribution in [0.5, 0.6) is 0 Å². The van der Waals surface area contributed by atoms with Gasteiger partial charge >= 0.3 is 67.7 Å². The predicted octanol–water partition coefficient (Wildman–Crippen LogP) is -0.129. The van der Waals surface area contributed by atoms with E-state index in [1.165, 1.54) is 0 Å². The Bertz CT molecular complexity index is 11.6. The monoisotopic (exact) mass is 241 g/mol. The van der Waals surface area contributed by atoms with Gasteiger partial charge < -0.3 is 5.48 Å². The van der Waals surface area contributed by atoms with Gasteiger partial charge in [0.2, 0.25) is 0 Å². The maximum absolute atomic E-state index is 0. The van der Waals surface area contributed by atoms with Gasteiger partial charge in [0.15, 0.2) is 0 Å². The summed E-state index contributed by atoms with van der Waals surface area (Å²) in [6.07, 6.45) is 0. The number of hydrogen-bond acceptors (Lipinski definition) is 0. The Balaban J connectivity index is 0. The first-order chi connectivity index (χ1) is 0. The van der Waals surface area contributed by atoms with Gasteiger partial charge in [-0.25, -0.2) is 0 Å². The van der Waals surface area contributed by atoms with Crippen LogP contribution in [0.15, 0.2) is 0 Å². The van der Waals surface area contributed by atoms with E-state index < -0.39 is 0 Å². The van der Waals surface area contributed by atoms with Crippen LogP contribution in [0.25, 0.3) is 0 Å². The Morgan fingerprint density at radius 1 is 1.00 bits per heavy atom. The van der Waals surface area contributed by atoms with Crippen LogP contribution in [0.2, 0.25) is 0 Å². The van der Waals surface area contributed by atoms with E-state index >= 15 is 0 Å². The van der Waals surface area contributed by atoms with Gasteiger partial charge in [-0.05, 0) is 0 Å². The van der Waals surface area contributed by atoms with Crippen molar-refractivity contribution in [2.75, 3.05) is 0 Å². The zero-order chi connectivity index (χ0) is 0. The van der Waals surface area contributed by atoms with Gasteiger partial charge in [-0.3, -0.25) is 0 Å². The first kappa shape index (κ1) is 62.6. The third kappa shape index (κ3) is 23.9. The molecule has 0 aliphatic rings. The molecule has 0 amide bonds. The summed E-state index contributed by atoms with van der Waals surface area (Å²) >= 11 is 0. The zero-order valence-electron chi connectivity index (χ0n) is 1.82. The van der Waals surface area contributed by atoms with E-state index in [2.05, 4.69) is 0 Å². The molecule has 0 saturated carbocycles. The summed E-state index contributed by atoms with van der Waals surface area (Å²) in [5.74, 6) is 0. The van der Waals surface area contributed by atoms with Crippen molar-refractivity contribution in [3.8, 4) is 0 Å². The van der Waals surface area contributed by atoms with Gasteiger partial charge in [-0.2, -0.15) is 0 Å². The second kappa shape index (κ2) is 37.3. The molecule has 32 valence electrons. The molecule has 2 radical (unpaired) electrons. The van der Waals surface area contributed by atoms with Crippen LogP contribution in [-0.4, -0.2) is 0 Å². The first-order valence-electron chi connectivity index (χ1n) is 0. The fourth-order valence-corrected chi connectivity index (χ4v) is 0. The molecule has 0 bridgehead atoms. The summed E-state index contributed by atoms with van der Waals surface area (Å²) in [6.45, 7) is 0. The number of hydrogen-bond donors (Lipinski definition) is 0. The molecule has 0 fully saturated rings. The van der Waals surface area contributed by atoms with Crippen molar-refractivity contribution in [2.24, 2.45) is 0 Å². The van der Waals surface area contributed by atoms with Crippen molar-refractivity contribution in [1.82, 2.24) is 0 Å². The molecule has 0 saturated heterocycles. The summed E-state index contributed by atoms with van der Waals surface area (Å²) in [5.41, 5.74) is 0. The van der Waals surface area contributed by atoms with E-state index in [0.29, 0.717) is 0 Å².